The van der Waals surface area contributed by atoms with Gasteiger partial charge in [0.05, 0.1) is 6.20 Å². The number of H-pyrrole nitrogens is 1. The predicted molar refractivity (Wildman–Crippen MR) is 50.8 cm³/mol. The van der Waals surface area contributed by atoms with E-state index in [-0.39, 0.29) is 18.4 Å². The Morgan fingerprint density at radius 2 is 2.60 bits per heavy atom. The molecule has 1 saturated heterocycles. The molecule has 1 atom stereocenters. The Kier molecular flexibility index (Phi) is 2.39. The highest BCUT2D eigenvalue weighted by atomic mass is 16.3. The lowest BCUT2D eigenvalue weighted by molar-refractivity contribution is -0.117. The molecule has 0 saturated carbocycles. The number of carbonyl (C=O) groups is 1. The summed E-state index contributed by atoms with van der Waals surface area (Å²) in [6, 6.07) is 1.96. The first-order valence-electron chi connectivity index (χ1n) is 4.61. The summed E-state index contributed by atoms with van der Waals surface area (Å²) >= 11 is 0. The number of nitrogens with one attached hydrogen (secondary N) is 1. The molecule has 78 valence electrons. The summed E-state index contributed by atoms with van der Waals surface area (Å²) in [6.07, 6.45) is 1.70. The summed E-state index contributed by atoms with van der Waals surface area (Å²) in [6.45, 7) is 0.421. The quantitative estimate of drug-likeness (QED) is 0.690. The second kappa shape index (κ2) is 3.71. The summed E-state index contributed by atoms with van der Waals surface area (Å²) in [7, 11) is 0. The van der Waals surface area contributed by atoms with Gasteiger partial charge in [-0.2, -0.15) is 10.4 Å². The smallest absolute Gasteiger partial charge is 0.228 e. The number of carbonyl (C=O) groups excluding carboxylic acids is 1. The third kappa shape index (κ3) is 1.57. The molecule has 1 amide bonds. The van der Waals surface area contributed by atoms with Crippen LogP contribution in [-0.2, 0) is 4.79 Å². The van der Waals surface area contributed by atoms with E-state index in [0.717, 1.165) is 0 Å². The fourth-order valence-corrected chi connectivity index (χ4v) is 1.69. The molecule has 1 aromatic rings. The fourth-order valence-electron chi connectivity index (χ4n) is 1.69. The van der Waals surface area contributed by atoms with Crippen LogP contribution in [0.25, 0.3) is 0 Å². The van der Waals surface area contributed by atoms with Crippen LogP contribution in [0, 0.1) is 17.2 Å². The summed E-state index contributed by atoms with van der Waals surface area (Å²) in [5.74, 6) is 0.292. The van der Waals surface area contributed by atoms with E-state index in [1.165, 1.54) is 11.1 Å². The van der Waals surface area contributed by atoms with Crippen LogP contribution in [0.2, 0.25) is 0 Å². The van der Waals surface area contributed by atoms with Gasteiger partial charge in [-0.05, 0) is 0 Å². The Hall–Kier alpha value is -1.87. The Balaban J connectivity index is 2.26. The van der Waals surface area contributed by atoms with Gasteiger partial charge >= 0.3 is 0 Å². The lowest BCUT2D eigenvalue weighted by Crippen LogP contribution is -2.26. The monoisotopic (exact) mass is 206 g/mol. The predicted octanol–water partition coefficient (Wildman–Crippen LogP) is -0.373. The first-order valence-corrected chi connectivity index (χ1v) is 4.61. The minimum absolute atomic E-state index is 0.0156. The number of amides is 1. The first kappa shape index (κ1) is 9.68. The average Bonchev–Trinajstić information content (AvgIpc) is 2.82. The summed E-state index contributed by atoms with van der Waals surface area (Å²) < 4.78 is 0. The molecule has 0 bridgehead atoms. The van der Waals surface area contributed by atoms with E-state index in [9.17, 15) is 4.79 Å². The lowest BCUT2D eigenvalue weighted by atomic mass is 10.1. The van der Waals surface area contributed by atoms with Crippen LogP contribution in [0.15, 0.2) is 6.20 Å². The number of anilines is 1. The molecule has 1 aromatic heterocycles. The maximum atomic E-state index is 11.6. The number of aromatic amines is 1. The van der Waals surface area contributed by atoms with Crippen molar-refractivity contribution in [2.75, 3.05) is 18.1 Å². The fraction of sp³-hybridized carbons (Fsp3) is 0.444. The van der Waals surface area contributed by atoms with Gasteiger partial charge in [0, 0.05) is 25.5 Å². The van der Waals surface area contributed by atoms with Crippen LogP contribution in [-0.4, -0.2) is 34.4 Å². The zero-order chi connectivity index (χ0) is 10.8. The first-order chi connectivity index (χ1) is 7.26. The third-order valence-corrected chi connectivity index (χ3v) is 2.47. The van der Waals surface area contributed by atoms with Gasteiger partial charge < -0.3 is 5.11 Å². The molecular formula is C9H10N4O2. The van der Waals surface area contributed by atoms with Crippen LogP contribution >= 0.6 is 0 Å². The highest BCUT2D eigenvalue weighted by molar-refractivity contribution is 5.95. The zero-order valence-corrected chi connectivity index (χ0v) is 7.97. The molecule has 0 aromatic carbocycles. The minimum Gasteiger partial charge on any atom is -0.396 e. The molecule has 1 aliphatic heterocycles. The number of rotatable bonds is 2. The van der Waals surface area contributed by atoms with E-state index >= 15 is 0 Å². The highest BCUT2D eigenvalue weighted by Crippen LogP contribution is 2.25. The molecule has 2 N–H and O–H groups in total. The Morgan fingerprint density at radius 3 is 3.20 bits per heavy atom. The Morgan fingerprint density at radius 1 is 1.80 bits per heavy atom. The van der Waals surface area contributed by atoms with Crippen LogP contribution in [0.4, 0.5) is 5.82 Å². The molecule has 0 spiro atoms. The topological polar surface area (TPSA) is 93.0 Å². The molecule has 1 fully saturated rings. The van der Waals surface area contributed by atoms with Crippen LogP contribution in [0.3, 0.4) is 0 Å². The SMILES string of the molecule is N#Cc1cn[nH]c1N1CC(CO)CC1=O. The van der Waals surface area contributed by atoms with Gasteiger partial charge in [-0.15, -0.1) is 0 Å². The van der Waals surface area contributed by atoms with Gasteiger partial charge in [-0.3, -0.25) is 14.8 Å². The van der Waals surface area contributed by atoms with Crippen LogP contribution in [0.1, 0.15) is 12.0 Å². The Labute approximate surface area is 86.1 Å². The van der Waals surface area contributed by atoms with E-state index in [1.807, 2.05) is 6.07 Å². The van der Waals surface area contributed by atoms with Gasteiger partial charge in [0.1, 0.15) is 17.5 Å². The van der Waals surface area contributed by atoms with Gasteiger partial charge in [0.2, 0.25) is 5.91 Å². The maximum absolute atomic E-state index is 11.6. The van der Waals surface area contributed by atoms with Crippen molar-refractivity contribution < 1.29 is 9.90 Å². The maximum Gasteiger partial charge on any atom is 0.228 e. The van der Waals surface area contributed by atoms with Crippen LogP contribution < -0.4 is 4.90 Å². The summed E-state index contributed by atoms with van der Waals surface area (Å²) in [5, 5.41) is 24.1. The number of aliphatic hydroxyl groups is 1. The number of nitrogens with zero attached hydrogens (tertiary/aromatic N) is 3. The van der Waals surface area contributed by atoms with E-state index in [4.69, 9.17) is 10.4 Å². The van der Waals surface area contributed by atoms with Gasteiger partial charge in [-0.25, -0.2) is 0 Å². The molecule has 1 aliphatic rings. The van der Waals surface area contributed by atoms with E-state index in [0.29, 0.717) is 24.3 Å². The van der Waals surface area contributed by atoms with E-state index in [2.05, 4.69) is 10.2 Å². The van der Waals surface area contributed by atoms with Crippen molar-refractivity contribution in [1.29, 1.82) is 5.26 Å². The lowest BCUT2D eigenvalue weighted by Gasteiger charge is -2.13. The molecule has 2 heterocycles. The normalized spacial score (nSPS) is 20.7. The van der Waals surface area contributed by atoms with E-state index in [1.54, 1.807) is 0 Å². The average molecular weight is 206 g/mol. The molecule has 6 heteroatoms. The summed E-state index contributed by atoms with van der Waals surface area (Å²) in [5.41, 5.74) is 0.349. The minimum atomic E-state index is -0.0881. The number of aliphatic hydroxyl groups excluding tert-OH is 1. The molecule has 0 aliphatic carbocycles. The number of aromatic nitrogens is 2. The third-order valence-electron chi connectivity index (χ3n) is 2.47. The van der Waals surface area contributed by atoms with Crippen LogP contribution in [0.5, 0.6) is 0 Å². The molecule has 6 nitrogen and oxygen atoms in total. The van der Waals surface area contributed by atoms with Gasteiger partial charge in [0.25, 0.3) is 0 Å². The van der Waals surface area contributed by atoms with Crippen molar-refractivity contribution in [3.63, 3.8) is 0 Å². The highest BCUT2D eigenvalue weighted by Gasteiger charge is 2.32. The second-order valence-electron chi connectivity index (χ2n) is 3.50. The molecule has 1 unspecified atom stereocenters. The number of nitriles is 1. The van der Waals surface area contributed by atoms with Crippen molar-refractivity contribution in [2.45, 2.75) is 6.42 Å². The van der Waals surface area contributed by atoms with E-state index < -0.39 is 0 Å². The number of hydrogen-bond donors (Lipinski definition) is 2. The van der Waals surface area contributed by atoms with Gasteiger partial charge in [0.15, 0.2) is 0 Å². The molecule has 15 heavy (non-hydrogen) atoms. The standard InChI is InChI=1S/C9H10N4O2/c10-2-7-3-11-12-9(7)13-4-6(5-14)1-8(13)15/h3,6,14H,1,4-5H2,(H,11,12). The van der Waals surface area contributed by atoms with Crippen molar-refractivity contribution in [3.05, 3.63) is 11.8 Å². The largest absolute Gasteiger partial charge is 0.396 e. The second-order valence-corrected chi connectivity index (χ2v) is 3.50. The van der Waals surface area contributed by atoms with Gasteiger partial charge in [-0.1, -0.05) is 0 Å². The molecule has 0 radical (unpaired) electrons. The zero-order valence-electron chi connectivity index (χ0n) is 7.97. The summed E-state index contributed by atoms with van der Waals surface area (Å²) in [4.78, 5) is 13.0. The van der Waals surface area contributed by atoms with Crippen molar-refractivity contribution in [2.24, 2.45) is 5.92 Å². The Bertz CT molecular complexity index is 420. The van der Waals surface area contributed by atoms with Crippen molar-refractivity contribution in [3.8, 4) is 6.07 Å². The molecule has 2 rings (SSSR count). The van der Waals surface area contributed by atoms with Crippen molar-refractivity contribution >= 4 is 11.7 Å². The number of hydrogen-bond acceptors (Lipinski definition) is 4. The molecular weight excluding hydrogens is 196 g/mol. The van der Waals surface area contributed by atoms with Crippen molar-refractivity contribution in [1.82, 2.24) is 10.2 Å².